The standard InChI is InChI=1S/C28H31N5O/c1-21-24(23-6-2-3-7-25(23)30-21)20-28(34)31-26-8-4-5-9-27(26)33-18-16-32(17-19-33)15-12-22-10-13-29-14-11-22/h2-11,13-14,30H,12,15-20H2,1H3,(H,31,34). The Labute approximate surface area is 200 Å². The van der Waals surface area contributed by atoms with Gasteiger partial charge in [-0.1, -0.05) is 30.3 Å². The molecular weight excluding hydrogens is 422 g/mol. The number of piperazine rings is 1. The van der Waals surface area contributed by atoms with Crippen molar-refractivity contribution in [2.24, 2.45) is 0 Å². The zero-order valence-electron chi connectivity index (χ0n) is 19.6. The third kappa shape index (κ3) is 4.97. The van der Waals surface area contributed by atoms with Crippen LogP contribution in [-0.2, 0) is 17.6 Å². The molecule has 6 heteroatoms. The lowest BCUT2D eigenvalue weighted by molar-refractivity contribution is -0.115. The number of benzene rings is 2. The van der Waals surface area contributed by atoms with Gasteiger partial charge in [0.05, 0.1) is 17.8 Å². The number of nitrogens with zero attached hydrogens (tertiary/aromatic N) is 3. The number of fused-ring (bicyclic) bond motifs is 1. The average Bonchev–Trinajstić information content (AvgIpc) is 3.19. The summed E-state index contributed by atoms with van der Waals surface area (Å²) in [5, 5.41) is 4.30. The molecule has 5 rings (SSSR count). The molecule has 1 aliphatic rings. The number of rotatable bonds is 7. The van der Waals surface area contributed by atoms with Crippen LogP contribution in [0.3, 0.4) is 0 Å². The molecule has 0 unspecified atom stereocenters. The molecule has 34 heavy (non-hydrogen) atoms. The molecule has 0 atom stereocenters. The van der Waals surface area contributed by atoms with Gasteiger partial charge in [-0.2, -0.15) is 0 Å². The molecule has 1 amide bonds. The molecule has 1 fully saturated rings. The highest BCUT2D eigenvalue weighted by atomic mass is 16.1. The fraction of sp³-hybridized carbons (Fsp3) is 0.286. The zero-order chi connectivity index (χ0) is 23.3. The summed E-state index contributed by atoms with van der Waals surface area (Å²) in [7, 11) is 0. The van der Waals surface area contributed by atoms with Crippen molar-refractivity contribution in [3.05, 3.63) is 89.9 Å². The Kier molecular flexibility index (Phi) is 6.58. The number of anilines is 2. The van der Waals surface area contributed by atoms with Crippen LogP contribution in [0.25, 0.3) is 10.9 Å². The first-order chi connectivity index (χ1) is 16.7. The Hall–Kier alpha value is -3.64. The maximum atomic E-state index is 13.0. The van der Waals surface area contributed by atoms with Gasteiger partial charge in [0.25, 0.3) is 0 Å². The summed E-state index contributed by atoms with van der Waals surface area (Å²) in [4.78, 5) is 25.4. The van der Waals surface area contributed by atoms with Crippen LogP contribution in [0.5, 0.6) is 0 Å². The molecule has 6 nitrogen and oxygen atoms in total. The highest BCUT2D eigenvalue weighted by Crippen LogP contribution is 2.28. The fourth-order valence-electron chi connectivity index (χ4n) is 4.82. The molecule has 0 radical (unpaired) electrons. The van der Waals surface area contributed by atoms with Gasteiger partial charge in [0, 0.05) is 61.7 Å². The quantitative estimate of drug-likeness (QED) is 0.435. The van der Waals surface area contributed by atoms with Crippen molar-refractivity contribution in [3.8, 4) is 0 Å². The first-order valence-electron chi connectivity index (χ1n) is 12.0. The minimum atomic E-state index is 0.0105. The molecule has 4 aromatic rings. The second-order valence-electron chi connectivity index (χ2n) is 8.95. The van der Waals surface area contributed by atoms with Gasteiger partial charge in [-0.05, 0) is 54.8 Å². The van der Waals surface area contributed by atoms with Crippen LogP contribution < -0.4 is 10.2 Å². The summed E-state index contributed by atoms with van der Waals surface area (Å²) < 4.78 is 0. The van der Waals surface area contributed by atoms with E-state index in [0.29, 0.717) is 6.42 Å². The molecule has 0 bridgehead atoms. The van der Waals surface area contributed by atoms with E-state index in [1.807, 2.05) is 49.6 Å². The van der Waals surface area contributed by atoms with E-state index in [9.17, 15) is 4.79 Å². The van der Waals surface area contributed by atoms with Crippen molar-refractivity contribution < 1.29 is 4.79 Å². The molecule has 0 aliphatic carbocycles. The van der Waals surface area contributed by atoms with E-state index in [1.165, 1.54) is 5.56 Å². The van der Waals surface area contributed by atoms with Gasteiger partial charge in [0.2, 0.25) is 5.91 Å². The molecule has 1 aliphatic heterocycles. The van der Waals surface area contributed by atoms with E-state index >= 15 is 0 Å². The Morgan fingerprint density at radius 1 is 0.971 bits per heavy atom. The smallest absolute Gasteiger partial charge is 0.228 e. The highest BCUT2D eigenvalue weighted by Gasteiger charge is 2.20. The van der Waals surface area contributed by atoms with E-state index < -0.39 is 0 Å². The van der Waals surface area contributed by atoms with Gasteiger partial charge in [-0.25, -0.2) is 0 Å². The van der Waals surface area contributed by atoms with E-state index in [2.05, 4.69) is 55.4 Å². The third-order valence-corrected chi connectivity index (χ3v) is 6.72. The summed E-state index contributed by atoms with van der Waals surface area (Å²) >= 11 is 0. The molecule has 174 valence electrons. The maximum absolute atomic E-state index is 13.0. The van der Waals surface area contributed by atoms with Gasteiger partial charge in [0.15, 0.2) is 0 Å². The lowest BCUT2D eigenvalue weighted by Gasteiger charge is -2.37. The van der Waals surface area contributed by atoms with E-state index in [0.717, 1.165) is 72.7 Å². The summed E-state index contributed by atoms with van der Waals surface area (Å²) in [5.74, 6) is 0.0105. The highest BCUT2D eigenvalue weighted by molar-refractivity contribution is 5.98. The second-order valence-corrected chi connectivity index (χ2v) is 8.95. The number of aromatic amines is 1. The SMILES string of the molecule is Cc1[nH]c2ccccc2c1CC(=O)Nc1ccccc1N1CCN(CCc2ccncc2)CC1. The predicted molar refractivity (Wildman–Crippen MR) is 138 cm³/mol. The third-order valence-electron chi connectivity index (χ3n) is 6.72. The van der Waals surface area contributed by atoms with Crippen LogP contribution in [-0.4, -0.2) is 53.5 Å². The number of carbonyl (C=O) groups excluding carboxylic acids is 1. The first-order valence-corrected chi connectivity index (χ1v) is 12.0. The Balaban J connectivity index is 1.21. The first kappa shape index (κ1) is 22.2. The number of H-pyrrole nitrogens is 1. The number of aryl methyl sites for hydroxylation is 1. The Morgan fingerprint density at radius 2 is 1.71 bits per heavy atom. The van der Waals surface area contributed by atoms with Crippen molar-refractivity contribution >= 4 is 28.2 Å². The lowest BCUT2D eigenvalue weighted by atomic mass is 10.1. The van der Waals surface area contributed by atoms with E-state index in [-0.39, 0.29) is 5.91 Å². The fourth-order valence-corrected chi connectivity index (χ4v) is 4.82. The van der Waals surface area contributed by atoms with E-state index in [1.54, 1.807) is 0 Å². The topological polar surface area (TPSA) is 64.3 Å². The number of hydrogen-bond donors (Lipinski definition) is 2. The summed E-state index contributed by atoms with van der Waals surface area (Å²) in [6.07, 6.45) is 5.12. The van der Waals surface area contributed by atoms with Crippen molar-refractivity contribution in [1.29, 1.82) is 0 Å². The van der Waals surface area contributed by atoms with Gasteiger partial charge in [-0.3, -0.25) is 14.7 Å². The van der Waals surface area contributed by atoms with Gasteiger partial charge >= 0.3 is 0 Å². The van der Waals surface area contributed by atoms with Gasteiger partial charge in [0.1, 0.15) is 0 Å². The van der Waals surface area contributed by atoms with Crippen LogP contribution in [0, 0.1) is 6.92 Å². The van der Waals surface area contributed by atoms with Crippen molar-refractivity contribution in [1.82, 2.24) is 14.9 Å². The lowest BCUT2D eigenvalue weighted by Crippen LogP contribution is -2.47. The molecule has 1 saturated heterocycles. The van der Waals surface area contributed by atoms with Gasteiger partial charge < -0.3 is 15.2 Å². The minimum absolute atomic E-state index is 0.0105. The number of carbonyl (C=O) groups is 1. The number of hydrogen-bond acceptors (Lipinski definition) is 4. The van der Waals surface area contributed by atoms with Crippen LogP contribution in [0.2, 0.25) is 0 Å². The molecule has 0 saturated carbocycles. The van der Waals surface area contributed by atoms with Crippen molar-refractivity contribution in [2.45, 2.75) is 19.8 Å². The molecule has 2 aromatic heterocycles. The van der Waals surface area contributed by atoms with Crippen molar-refractivity contribution in [2.75, 3.05) is 42.9 Å². The van der Waals surface area contributed by atoms with E-state index in [4.69, 9.17) is 0 Å². The number of nitrogens with one attached hydrogen (secondary N) is 2. The summed E-state index contributed by atoms with van der Waals surface area (Å²) in [6.45, 7) is 7.02. The zero-order valence-corrected chi connectivity index (χ0v) is 19.6. The monoisotopic (exact) mass is 453 g/mol. The Bertz CT molecular complexity index is 1260. The Morgan fingerprint density at radius 3 is 2.53 bits per heavy atom. The summed E-state index contributed by atoms with van der Waals surface area (Å²) in [5.41, 5.74) is 6.50. The van der Waals surface area contributed by atoms with Crippen LogP contribution in [0.4, 0.5) is 11.4 Å². The number of amides is 1. The molecule has 2 N–H and O–H groups in total. The van der Waals surface area contributed by atoms with Crippen LogP contribution >= 0.6 is 0 Å². The molecular formula is C28H31N5O. The predicted octanol–water partition coefficient (Wildman–Crippen LogP) is 4.42. The maximum Gasteiger partial charge on any atom is 0.228 e. The number of aromatic nitrogens is 2. The largest absolute Gasteiger partial charge is 0.367 e. The van der Waals surface area contributed by atoms with Crippen LogP contribution in [0.15, 0.2) is 73.1 Å². The molecule has 3 heterocycles. The second kappa shape index (κ2) is 10.1. The number of pyridine rings is 1. The molecule has 0 spiro atoms. The minimum Gasteiger partial charge on any atom is -0.367 e. The van der Waals surface area contributed by atoms with Gasteiger partial charge in [-0.15, -0.1) is 0 Å². The normalized spacial score (nSPS) is 14.4. The summed E-state index contributed by atoms with van der Waals surface area (Å²) in [6, 6.07) is 20.5. The molecule has 2 aromatic carbocycles. The van der Waals surface area contributed by atoms with Crippen molar-refractivity contribution in [3.63, 3.8) is 0 Å². The average molecular weight is 454 g/mol. The van der Waals surface area contributed by atoms with Crippen LogP contribution in [0.1, 0.15) is 16.8 Å². The number of para-hydroxylation sites is 3.